The summed E-state index contributed by atoms with van der Waals surface area (Å²) in [5.74, 6) is 0.788. The lowest BCUT2D eigenvalue weighted by Gasteiger charge is -2.28. The molecule has 3 aliphatic rings. The molecule has 14 rings (SSSR count). The Hall–Kier alpha value is -7.31. The third kappa shape index (κ3) is 5.69. The number of rotatable bonds is 6. The Morgan fingerprint density at radius 1 is 0.508 bits per heavy atom. The topological polar surface area (TPSA) is 21.3 Å². The number of nitrogens with zero attached hydrogens (tertiary/aromatic N) is 2. The zero-order valence-electron chi connectivity index (χ0n) is 35.2. The number of hydrogen-bond acceptors (Lipinski definition) is 4. The Kier molecular flexibility index (Phi) is 8.34. The minimum atomic E-state index is 0.310. The summed E-state index contributed by atoms with van der Waals surface area (Å²) < 4.78 is 12.3. The van der Waals surface area contributed by atoms with Gasteiger partial charge < -0.3 is 13.9 Å². The highest BCUT2D eigenvalue weighted by molar-refractivity contribution is 8.01. The fourth-order valence-electron chi connectivity index (χ4n) is 11.0. The van der Waals surface area contributed by atoms with Crippen molar-refractivity contribution in [1.82, 2.24) is 4.57 Å². The van der Waals surface area contributed by atoms with Gasteiger partial charge in [0.25, 0.3) is 0 Å². The second kappa shape index (κ2) is 14.6. The summed E-state index contributed by atoms with van der Waals surface area (Å²) in [5.41, 5.74) is 13.7. The van der Waals surface area contributed by atoms with Crippen LogP contribution in [0.25, 0.3) is 80.7 Å². The second-order valence-corrected chi connectivity index (χ2v) is 19.8. The lowest BCUT2D eigenvalue weighted by atomic mass is 9.81. The zero-order chi connectivity index (χ0) is 42.6. The quantitative estimate of drug-likeness (QED) is 0.166. The van der Waals surface area contributed by atoms with Crippen LogP contribution >= 0.6 is 23.1 Å². The highest BCUT2D eigenvalue weighted by Gasteiger charge is 2.42. The van der Waals surface area contributed by atoms with E-state index in [9.17, 15) is 0 Å². The Morgan fingerprint density at radius 3 is 2.09 bits per heavy atom. The number of para-hydroxylation sites is 3. The molecule has 11 aromatic rings. The van der Waals surface area contributed by atoms with Crippen molar-refractivity contribution in [2.45, 2.75) is 16.4 Å². The molecule has 5 heteroatoms. The fourth-order valence-corrected chi connectivity index (χ4v) is 14.0. The third-order valence-corrected chi connectivity index (χ3v) is 16.8. The maximum atomic E-state index is 7.28. The number of benzene rings is 8. The van der Waals surface area contributed by atoms with Crippen LogP contribution in [0.3, 0.4) is 0 Å². The smallest absolute Gasteiger partial charge is 0.159 e. The molecule has 3 aromatic heterocycles. The predicted octanol–water partition coefficient (Wildman–Crippen LogP) is 17.0. The van der Waals surface area contributed by atoms with Crippen molar-refractivity contribution in [3.05, 3.63) is 230 Å². The first-order valence-corrected chi connectivity index (χ1v) is 24.2. The van der Waals surface area contributed by atoms with E-state index >= 15 is 0 Å². The van der Waals surface area contributed by atoms with Crippen LogP contribution in [-0.4, -0.2) is 15.1 Å². The first-order valence-electron chi connectivity index (χ1n) is 22.5. The van der Waals surface area contributed by atoms with Gasteiger partial charge in [-0.1, -0.05) is 152 Å². The molecule has 3 nitrogen and oxygen atoms in total. The van der Waals surface area contributed by atoms with Crippen LogP contribution in [0.5, 0.6) is 0 Å². The SMILES string of the molecule is C1=CC2SC3C(=CC=CC3c3ccc(N(c4ccc(-c5cccc6c5sc5ccccc56)cc4)c4cccc5c4oc4c5ccc5c4c4ccccc4n5-c4ccccc4)cc3)C2C=C1. The van der Waals surface area contributed by atoms with Crippen molar-refractivity contribution in [1.29, 1.82) is 0 Å². The molecule has 4 unspecified atom stereocenters. The highest BCUT2D eigenvalue weighted by Crippen LogP contribution is 2.53. The van der Waals surface area contributed by atoms with Crippen LogP contribution in [0.15, 0.2) is 228 Å². The van der Waals surface area contributed by atoms with Crippen LogP contribution < -0.4 is 4.90 Å². The average Bonchev–Trinajstić information content (AvgIpc) is 4.14. The van der Waals surface area contributed by atoms with Crippen molar-refractivity contribution in [2.24, 2.45) is 5.92 Å². The molecule has 0 amide bonds. The largest absolute Gasteiger partial charge is 0.453 e. The summed E-state index contributed by atoms with van der Waals surface area (Å²) in [6.07, 6.45) is 16.2. The summed E-state index contributed by atoms with van der Waals surface area (Å²) in [4.78, 5) is 2.39. The van der Waals surface area contributed by atoms with E-state index in [2.05, 4.69) is 240 Å². The van der Waals surface area contributed by atoms with E-state index in [-0.39, 0.29) is 0 Å². The molecule has 4 atom stereocenters. The van der Waals surface area contributed by atoms with Gasteiger partial charge in [0.2, 0.25) is 0 Å². The molecule has 2 aliphatic carbocycles. The predicted molar refractivity (Wildman–Crippen MR) is 278 cm³/mol. The maximum Gasteiger partial charge on any atom is 0.159 e. The van der Waals surface area contributed by atoms with Crippen LogP contribution in [0.1, 0.15) is 11.5 Å². The number of fused-ring (bicyclic) bond motifs is 13. The van der Waals surface area contributed by atoms with Gasteiger partial charge in [-0.15, -0.1) is 23.1 Å². The van der Waals surface area contributed by atoms with E-state index in [0.717, 1.165) is 61.1 Å². The van der Waals surface area contributed by atoms with Crippen molar-refractivity contribution in [2.75, 3.05) is 4.90 Å². The van der Waals surface area contributed by atoms with E-state index in [0.29, 0.717) is 22.3 Å². The Labute approximate surface area is 384 Å². The molecule has 0 N–H and O–H groups in total. The number of anilines is 3. The lowest BCUT2D eigenvalue weighted by molar-refractivity contribution is 0.673. The molecule has 1 aliphatic heterocycles. The third-order valence-electron chi connectivity index (χ3n) is 13.9. The van der Waals surface area contributed by atoms with Crippen molar-refractivity contribution < 1.29 is 4.42 Å². The van der Waals surface area contributed by atoms with Crippen LogP contribution in [0.4, 0.5) is 17.1 Å². The first-order chi connectivity index (χ1) is 32.2. The van der Waals surface area contributed by atoms with Gasteiger partial charge in [0.15, 0.2) is 5.58 Å². The average molecular weight is 869 g/mol. The molecular formula is C60H40N2OS2. The number of aromatic nitrogens is 1. The highest BCUT2D eigenvalue weighted by atomic mass is 32.2. The van der Waals surface area contributed by atoms with E-state index in [1.54, 1.807) is 5.57 Å². The van der Waals surface area contributed by atoms with E-state index < -0.39 is 0 Å². The lowest BCUT2D eigenvalue weighted by Crippen LogP contribution is -2.18. The molecule has 0 saturated carbocycles. The summed E-state index contributed by atoms with van der Waals surface area (Å²) >= 11 is 3.99. The number of thiophene rings is 1. The number of allylic oxidation sites excluding steroid dienone is 6. The normalized spacial score (nSPS) is 18.9. The molecule has 0 bridgehead atoms. The second-order valence-electron chi connectivity index (χ2n) is 17.4. The Morgan fingerprint density at radius 2 is 1.22 bits per heavy atom. The van der Waals surface area contributed by atoms with Crippen LogP contribution in [-0.2, 0) is 0 Å². The van der Waals surface area contributed by atoms with Gasteiger partial charge >= 0.3 is 0 Å². The fraction of sp³-hybridized carbons (Fsp3) is 0.0667. The van der Waals surface area contributed by atoms with Crippen molar-refractivity contribution in [3.63, 3.8) is 0 Å². The van der Waals surface area contributed by atoms with Gasteiger partial charge in [0.05, 0.1) is 22.1 Å². The van der Waals surface area contributed by atoms with Crippen molar-refractivity contribution >= 4 is 104 Å². The molecular weight excluding hydrogens is 829 g/mol. The van der Waals surface area contributed by atoms with Crippen LogP contribution in [0, 0.1) is 5.92 Å². The van der Waals surface area contributed by atoms with Gasteiger partial charge in [-0.2, -0.15) is 0 Å². The molecule has 0 radical (unpaired) electrons. The maximum absolute atomic E-state index is 7.28. The van der Waals surface area contributed by atoms with Gasteiger partial charge in [0, 0.05) is 75.7 Å². The van der Waals surface area contributed by atoms with Gasteiger partial charge in [-0.25, -0.2) is 0 Å². The summed E-state index contributed by atoms with van der Waals surface area (Å²) in [7, 11) is 0. The summed E-state index contributed by atoms with van der Waals surface area (Å²) in [6.45, 7) is 0. The van der Waals surface area contributed by atoms with Crippen molar-refractivity contribution in [3.8, 4) is 16.8 Å². The molecule has 65 heavy (non-hydrogen) atoms. The standard InChI is InChI=1S/C60H40N2OS2/c1-2-13-39(14-3-1)62-51-23-7-4-17-50(51)56-52(62)36-35-47-46-20-12-24-53(57(46)63-58(47)56)61(40-31-27-37(28-32-40)42-18-10-21-48-44-15-5-8-25-54(44)64-59(42)48)41-33-29-38(30-34-41)43-19-11-22-49-45-16-6-9-26-55(45)65-60(43)49/h1-36,42,44,54,59H. The van der Waals surface area contributed by atoms with E-state index in [1.165, 1.54) is 42.2 Å². The minimum absolute atomic E-state index is 0.310. The summed E-state index contributed by atoms with van der Waals surface area (Å²) in [5, 5.41) is 8.07. The molecule has 0 spiro atoms. The molecule has 4 heterocycles. The van der Waals surface area contributed by atoms with E-state index in [4.69, 9.17) is 4.42 Å². The number of furan rings is 1. The van der Waals surface area contributed by atoms with E-state index in [1.807, 2.05) is 11.3 Å². The number of hydrogen-bond donors (Lipinski definition) is 0. The van der Waals surface area contributed by atoms with Crippen LogP contribution in [0.2, 0.25) is 0 Å². The molecule has 1 saturated heterocycles. The van der Waals surface area contributed by atoms with Gasteiger partial charge in [-0.3, -0.25) is 0 Å². The Bertz CT molecular complexity index is 3830. The zero-order valence-corrected chi connectivity index (χ0v) is 36.8. The number of thioether (sulfide) groups is 1. The summed E-state index contributed by atoms with van der Waals surface area (Å²) in [6, 6.07) is 64.4. The first kappa shape index (κ1) is 37.1. The molecule has 1 fully saturated rings. The minimum Gasteiger partial charge on any atom is -0.453 e. The molecule has 8 aromatic carbocycles. The van der Waals surface area contributed by atoms with Gasteiger partial charge in [0.1, 0.15) is 5.58 Å². The molecule has 308 valence electrons. The monoisotopic (exact) mass is 868 g/mol. The van der Waals surface area contributed by atoms with Gasteiger partial charge in [-0.05, 0) is 89.0 Å². The Balaban J connectivity index is 0.930.